The maximum absolute atomic E-state index is 11.8. The van der Waals surface area contributed by atoms with Gasteiger partial charge >= 0.3 is 0 Å². The Balaban J connectivity index is 2.23. The average Bonchev–Trinajstić information content (AvgIpc) is 2.38. The van der Waals surface area contributed by atoms with Gasteiger partial charge in [-0.3, -0.25) is 14.5 Å². The van der Waals surface area contributed by atoms with E-state index >= 15 is 0 Å². The monoisotopic (exact) mass is 242 g/mol. The van der Waals surface area contributed by atoms with Crippen LogP contribution in [-0.2, 0) is 9.59 Å². The van der Waals surface area contributed by atoms with Crippen molar-refractivity contribution in [1.82, 2.24) is 20.9 Å². The van der Waals surface area contributed by atoms with E-state index in [-0.39, 0.29) is 17.9 Å². The highest BCUT2D eigenvalue weighted by Gasteiger charge is 2.22. The normalized spacial score (nSPS) is 18.5. The van der Waals surface area contributed by atoms with E-state index in [0.717, 1.165) is 26.2 Å². The van der Waals surface area contributed by atoms with Crippen molar-refractivity contribution in [2.24, 2.45) is 0 Å². The lowest BCUT2D eigenvalue weighted by atomic mass is 10.2. The quantitative estimate of drug-likeness (QED) is 0.550. The molecule has 6 heteroatoms. The highest BCUT2D eigenvalue weighted by Crippen LogP contribution is 2.00. The average molecular weight is 242 g/mol. The fourth-order valence-electron chi connectivity index (χ4n) is 1.81. The fraction of sp³-hybridized carbons (Fsp3) is 0.818. The second-order valence-corrected chi connectivity index (χ2v) is 4.18. The standard InChI is InChI=1S/C11H22N4O2/c1-9(15-7-5-13-6-8-15)11(17)14-4-3-10(16)12-2/h9,13H,3-8H2,1-2H3,(H,12,16)(H,14,17). The lowest BCUT2D eigenvalue weighted by Gasteiger charge is -2.31. The Morgan fingerprint density at radius 2 is 2.00 bits per heavy atom. The Kier molecular flexibility index (Phi) is 5.93. The zero-order valence-electron chi connectivity index (χ0n) is 10.6. The molecule has 1 aliphatic heterocycles. The van der Waals surface area contributed by atoms with Gasteiger partial charge in [0.15, 0.2) is 0 Å². The minimum Gasteiger partial charge on any atom is -0.359 e. The largest absolute Gasteiger partial charge is 0.359 e. The summed E-state index contributed by atoms with van der Waals surface area (Å²) < 4.78 is 0. The van der Waals surface area contributed by atoms with E-state index in [1.54, 1.807) is 7.05 Å². The lowest BCUT2D eigenvalue weighted by molar-refractivity contribution is -0.126. The third-order valence-corrected chi connectivity index (χ3v) is 3.01. The van der Waals surface area contributed by atoms with Crippen LogP contribution in [0.4, 0.5) is 0 Å². The maximum atomic E-state index is 11.8. The minimum atomic E-state index is -0.123. The van der Waals surface area contributed by atoms with Crippen LogP contribution in [0.3, 0.4) is 0 Å². The van der Waals surface area contributed by atoms with Crippen LogP contribution in [0, 0.1) is 0 Å². The Morgan fingerprint density at radius 1 is 1.35 bits per heavy atom. The van der Waals surface area contributed by atoms with E-state index in [1.807, 2.05) is 6.92 Å². The lowest BCUT2D eigenvalue weighted by Crippen LogP contribution is -2.52. The summed E-state index contributed by atoms with van der Waals surface area (Å²) in [6.45, 7) is 5.94. The van der Waals surface area contributed by atoms with Crippen molar-refractivity contribution in [3.63, 3.8) is 0 Å². The molecular weight excluding hydrogens is 220 g/mol. The van der Waals surface area contributed by atoms with Crippen LogP contribution < -0.4 is 16.0 Å². The Hall–Kier alpha value is -1.14. The van der Waals surface area contributed by atoms with Gasteiger partial charge in [0, 0.05) is 46.2 Å². The molecule has 0 bridgehead atoms. The summed E-state index contributed by atoms with van der Waals surface area (Å²) in [5, 5.41) is 8.55. The number of amides is 2. The van der Waals surface area contributed by atoms with Crippen LogP contribution in [0.2, 0.25) is 0 Å². The van der Waals surface area contributed by atoms with E-state index < -0.39 is 0 Å². The van der Waals surface area contributed by atoms with Crippen molar-refractivity contribution in [1.29, 1.82) is 0 Å². The highest BCUT2D eigenvalue weighted by molar-refractivity contribution is 5.82. The number of hydrogen-bond acceptors (Lipinski definition) is 4. The smallest absolute Gasteiger partial charge is 0.237 e. The van der Waals surface area contributed by atoms with Crippen molar-refractivity contribution >= 4 is 11.8 Å². The van der Waals surface area contributed by atoms with Crippen molar-refractivity contribution < 1.29 is 9.59 Å². The van der Waals surface area contributed by atoms with Crippen LogP contribution in [0.15, 0.2) is 0 Å². The summed E-state index contributed by atoms with van der Waals surface area (Å²) >= 11 is 0. The van der Waals surface area contributed by atoms with Gasteiger partial charge in [0.2, 0.25) is 11.8 Å². The van der Waals surface area contributed by atoms with Gasteiger partial charge in [0.25, 0.3) is 0 Å². The minimum absolute atomic E-state index is 0.00389. The molecule has 0 aliphatic carbocycles. The van der Waals surface area contributed by atoms with E-state index in [4.69, 9.17) is 0 Å². The van der Waals surface area contributed by atoms with Crippen molar-refractivity contribution in [3.8, 4) is 0 Å². The molecule has 1 saturated heterocycles. The number of rotatable bonds is 5. The van der Waals surface area contributed by atoms with Crippen molar-refractivity contribution in [2.45, 2.75) is 19.4 Å². The zero-order valence-corrected chi connectivity index (χ0v) is 10.6. The van der Waals surface area contributed by atoms with Crippen LogP contribution in [0.25, 0.3) is 0 Å². The van der Waals surface area contributed by atoms with Crippen LogP contribution in [-0.4, -0.2) is 62.5 Å². The van der Waals surface area contributed by atoms with Gasteiger partial charge in [0.1, 0.15) is 0 Å². The van der Waals surface area contributed by atoms with Gasteiger partial charge in [-0.25, -0.2) is 0 Å². The molecular formula is C11H22N4O2. The van der Waals surface area contributed by atoms with Crippen LogP contribution in [0.1, 0.15) is 13.3 Å². The summed E-state index contributed by atoms with van der Waals surface area (Å²) in [6.07, 6.45) is 0.330. The summed E-state index contributed by atoms with van der Waals surface area (Å²) in [4.78, 5) is 24.9. The van der Waals surface area contributed by atoms with Gasteiger partial charge in [-0.05, 0) is 6.92 Å². The molecule has 0 aromatic carbocycles. The Bertz CT molecular complexity index is 264. The third kappa shape index (κ3) is 4.70. The molecule has 0 aromatic heterocycles. The number of piperazine rings is 1. The topological polar surface area (TPSA) is 73.5 Å². The molecule has 1 rings (SSSR count). The summed E-state index contributed by atoms with van der Waals surface area (Å²) in [5.74, 6) is -0.0593. The van der Waals surface area contributed by atoms with Crippen LogP contribution >= 0.6 is 0 Å². The molecule has 1 atom stereocenters. The van der Waals surface area contributed by atoms with Gasteiger partial charge < -0.3 is 16.0 Å². The Labute approximate surface area is 102 Å². The maximum Gasteiger partial charge on any atom is 0.237 e. The van der Waals surface area contributed by atoms with E-state index in [2.05, 4.69) is 20.9 Å². The predicted molar refractivity (Wildman–Crippen MR) is 65.6 cm³/mol. The number of nitrogens with one attached hydrogen (secondary N) is 3. The first-order valence-electron chi connectivity index (χ1n) is 6.08. The fourth-order valence-corrected chi connectivity index (χ4v) is 1.81. The molecule has 1 fully saturated rings. The molecule has 0 aromatic rings. The van der Waals surface area contributed by atoms with Gasteiger partial charge in [-0.2, -0.15) is 0 Å². The first-order chi connectivity index (χ1) is 8.15. The third-order valence-electron chi connectivity index (χ3n) is 3.01. The summed E-state index contributed by atoms with van der Waals surface area (Å²) in [5.41, 5.74) is 0. The second-order valence-electron chi connectivity index (χ2n) is 4.18. The number of hydrogen-bond donors (Lipinski definition) is 3. The number of nitrogens with zero attached hydrogens (tertiary/aromatic N) is 1. The summed E-state index contributed by atoms with van der Waals surface area (Å²) in [6, 6.07) is -0.123. The zero-order chi connectivity index (χ0) is 12.7. The second kappa shape index (κ2) is 7.24. The van der Waals surface area contributed by atoms with Gasteiger partial charge in [-0.1, -0.05) is 0 Å². The highest BCUT2D eigenvalue weighted by atomic mass is 16.2. The van der Waals surface area contributed by atoms with Gasteiger partial charge in [0.05, 0.1) is 6.04 Å². The molecule has 98 valence electrons. The molecule has 3 N–H and O–H groups in total. The molecule has 2 amide bonds. The molecule has 1 aliphatic rings. The molecule has 17 heavy (non-hydrogen) atoms. The SMILES string of the molecule is CNC(=O)CCNC(=O)C(C)N1CCNCC1. The first-order valence-corrected chi connectivity index (χ1v) is 6.08. The molecule has 1 unspecified atom stereocenters. The molecule has 0 spiro atoms. The predicted octanol–water partition coefficient (Wildman–Crippen LogP) is -1.47. The van der Waals surface area contributed by atoms with Crippen molar-refractivity contribution in [2.75, 3.05) is 39.8 Å². The number of carbonyl (C=O) groups excluding carboxylic acids is 2. The number of carbonyl (C=O) groups is 2. The molecule has 1 heterocycles. The van der Waals surface area contributed by atoms with Gasteiger partial charge in [-0.15, -0.1) is 0 Å². The van der Waals surface area contributed by atoms with E-state index in [1.165, 1.54) is 0 Å². The van der Waals surface area contributed by atoms with Crippen molar-refractivity contribution in [3.05, 3.63) is 0 Å². The molecule has 0 radical (unpaired) electrons. The van der Waals surface area contributed by atoms with Crippen LogP contribution in [0.5, 0.6) is 0 Å². The molecule has 6 nitrogen and oxygen atoms in total. The Morgan fingerprint density at radius 3 is 2.59 bits per heavy atom. The van der Waals surface area contributed by atoms with E-state index in [9.17, 15) is 9.59 Å². The molecule has 0 saturated carbocycles. The van der Waals surface area contributed by atoms with E-state index in [0.29, 0.717) is 13.0 Å². The summed E-state index contributed by atoms with van der Waals surface area (Å²) in [7, 11) is 1.59. The first kappa shape index (κ1) is 13.9.